The van der Waals surface area contributed by atoms with Crippen molar-refractivity contribution in [2.45, 2.75) is 6.18 Å². The summed E-state index contributed by atoms with van der Waals surface area (Å²) in [5, 5.41) is 11.6. The number of nitrogens with one attached hydrogen (secondary N) is 1. The summed E-state index contributed by atoms with van der Waals surface area (Å²) < 4.78 is 43.6. The second-order valence-corrected chi connectivity index (χ2v) is 4.40. The molecule has 0 spiro atoms. The molecule has 0 heterocycles. The number of aromatic hydroxyl groups is 1. The number of alkyl halides is 3. The maximum Gasteiger partial charge on any atom is 0.418 e. The van der Waals surface area contributed by atoms with Crippen molar-refractivity contribution in [1.82, 2.24) is 0 Å². The van der Waals surface area contributed by atoms with Crippen LogP contribution in [-0.4, -0.2) is 10.3 Å². The Kier molecular flexibility index (Phi) is 4.32. The molecule has 0 saturated carbocycles. The van der Waals surface area contributed by atoms with Crippen molar-refractivity contribution >= 4 is 23.1 Å². The molecule has 2 aromatic rings. The Balaban J connectivity index is 2.16. The number of thiocarbonyl (C=S) groups is 1. The maximum atomic E-state index is 12.8. The number of para-hydroxylation sites is 3. The summed E-state index contributed by atoms with van der Waals surface area (Å²) in [6.45, 7) is 0. The number of phenolic OH excluding ortho intramolecular Hbond substituents is 1. The largest absolute Gasteiger partial charge is 0.504 e. The second kappa shape index (κ2) is 6.01. The number of rotatable bonds is 2. The highest BCUT2D eigenvalue weighted by atomic mass is 32.1. The van der Waals surface area contributed by atoms with E-state index in [-0.39, 0.29) is 22.4 Å². The lowest BCUT2D eigenvalue weighted by molar-refractivity contribution is -0.136. The first-order valence-corrected chi connectivity index (χ1v) is 6.22. The number of hydrogen-bond donors (Lipinski definition) is 2. The van der Waals surface area contributed by atoms with E-state index in [4.69, 9.17) is 17.0 Å². The lowest BCUT2D eigenvalue weighted by Gasteiger charge is -2.15. The fourth-order valence-corrected chi connectivity index (χ4v) is 1.82. The molecule has 110 valence electrons. The highest BCUT2D eigenvalue weighted by Crippen LogP contribution is 2.34. The highest BCUT2D eigenvalue weighted by molar-refractivity contribution is 7.80. The van der Waals surface area contributed by atoms with Crippen molar-refractivity contribution in [1.29, 1.82) is 0 Å². The van der Waals surface area contributed by atoms with Gasteiger partial charge in [-0.1, -0.05) is 24.3 Å². The van der Waals surface area contributed by atoms with E-state index in [0.29, 0.717) is 0 Å². The fraction of sp³-hybridized carbons (Fsp3) is 0.0714. The Morgan fingerprint density at radius 1 is 1.05 bits per heavy atom. The predicted octanol–water partition coefficient (Wildman–Crippen LogP) is 4.19. The van der Waals surface area contributed by atoms with Crippen molar-refractivity contribution in [3.05, 3.63) is 54.1 Å². The standard InChI is InChI=1S/C14H10F3NO2S/c15-14(16,17)9-5-1-2-6-10(9)18-13(21)20-12-8-4-3-7-11(12)19/h1-8,19H,(H,18,21). The van der Waals surface area contributed by atoms with Gasteiger partial charge in [0, 0.05) is 0 Å². The minimum atomic E-state index is -4.51. The summed E-state index contributed by atoms with van der Waals surface area (Å²) in [4.78, 5) is 0. The number of ether oxygens (including phenoxy) is 1. The normalized spacial score (nSPS) is 11.0. The highest BCUT2D eigenvalue weighted by Gasteiger charge is 2.33. The molecule has 0 radical (unpaired) electrons. The predicted molar refractivity (Wildman–Crippen MR) is 76.4 cm³/mol. The van der Waals surface area contributed by atoms with E-state index >= 15 is 0 Å². The van der Waals surface area contributed by atoms with Crippen LogP contribution in [0.1, 0.15) is 5.56 Å². The smallest absolute Gasteiger partial charge is 0.418 e. The molecule has 0 saturated heterocycles. The van der Waals surface area contributed by atoms with Gasteiger partial charge in [-0.25, -0.2) is 0 Å². The van der Waals surface area contributed by atoms with Crippen LogP contribution in [0.5, 0.6) is 11.5 Å². The van der Waals surface area contributed by atoms with Crippen LogP contribution in [0.2, 0.25) is 0 Å². The van der Waals surface area contributed by atoms with Crippen molar-refractivity contribution in [2.24, 2.45) is 0 Å². The summed E-state index contributed by atoms with van der Waals surface area (Å²) in [7, 11) is 0. The zero-order valence-corrected chi connectivity index (χ0v) is 11.3. The van der Waals surface area contributed by atoms with Crippen LogP contribution < -0.4 is 10.1 Å². The van der Waals surface area contributed by atoms with E-state index in [1.54, 1.807) is 12.1 Å². The van der Waals surface area contributed by atoms with Crippen molar-refractivity contribution in [2.75, 3.05) is 5.32 Å². The zero-order valence-electron chi connectivity index (χ0n) is 10.5. The third-order valence-corrected chi connectivity index (χ3v) is 2.72. The number of halogens is 3. The first kappa shape index (κ1) is 15.1. The monoisotopic (exact) mass is 313 g/mol. The van der Waals surface area contributed by atoms with Gasteiger partial charge in [-0.05, 0) is 36.5 Å². The van der Waals surface area contributed by atoms with Crippen molar-refractivity contribution in [3.63, 3.8) is 0 Å². The van der Waals surface area contributed by atoms with Gasteiger partial charge in [-0.2, -0.15) is 13.2 Å². The minimum absolute atomic E-state index is 0.0551. The molecule has 0 atom stereocenters. The second-order valence-electron chi connectivity index (χ2n) is 4.03. The molecule has 0 fully saturated rings. The average molecular weight is 313 g/mol. The number of hydrogen-bond acceptors (Lipinski definition) is 3. The molecule has 2 N–H and O–H groups in total. The van der Waals surface area contributed by atoms with Gasteiger partial charge >= 0.3 is 6.18 Å². The van der Waals surface area contributed by atoms with Crippen LogP contribution in [0.4, 0.5) is 18.9 Å². The van der Waals surface area contributed by atoms with Gasteiger partial charge in [0.1, 0.15) is 0 Å². The van der Waals surface area contributed by atoms with Gasteiger partial charge in [0.15, 0.2) is 11.5 Å². The number of phenols is 1. The van der Waals surface area contributed by atoms with Gasteiger partial charge in [-0.15, -0.1) is 0 Å². The summed E-state index contributed by atoms with van der Waals surface area (Å²) in [5.41, 5.74) is -1.07. The minimum Gasteiger partial charge on any atom is -0.504 e. The topological polar surface area (TPSA) is 41.5 Å². The molecule has 0 amide bonds. The van der Waals surface area contributed by atoms with Crippen LogP contribution in [0.25, 0.3) is 0 Å². The van der Waals surface area contributed by atoms with Gasteiger partial charge in [0.2, 0.25) is 0 Å². The Morgan fingerprint density at radius 2 is 1.67 bits per heavy atom. The van der Waals surface area contributed by atoms with Crippen molar-refractivity contribution < 1.29 is 23.0 Å². The van der Waals surface area contributed by atoms with Crippen LogP contribution in [0.15, 0.2) is 48.5 Å². The van der Waals surface area contributed by atoms with E-state index in [0.717, 1.165) is 6.07 Å². The van der Waals surface area contributed by atoms with E-state index in [1.807, 2.05) is 0 Å². The molecule has 0 unspecified atom stereocenters. The van der Waals surface area contributed by atoms with Gasteiger partial charge in [0.25, 0.3) is 5.17 Å². The first-order chi connectivity index (χ1) is 9.88. The lowest BCUT2D eigenvalue weighted by atomic mass is 10.2. The molecule has 0 bridgehead atoms. The van der Waals surface area contributed by atoms with Crippen molar-refractivity contribution in [3.8, 4) is 11.5 Å². The quantitative estimate of drug-likeness (QED) is 0.816. The summed E-state index contributed by atoms with van der Waals surface area (Å²) in [6.07, 6.45) is -4.51. The molecule has 21 heavy (non-hydrogen) atoms. The molecule has 7 heteroatoms. The Bertz CT molecular complexity index is 659. The number of benzene rings is 2. The fourth-order valence-electron chi connectivity index (χ4n) is 1.62. The van der Waals surface area contributed by atoms with E-state index in [1.165, 1.54) is 30.3 Å². The van der Waals surface area contributed by atoms with Crippen LogP contribution in [0, 0.1) is 0 Å². The average Bonchev–Trinajstić information content (AvgIpc) is 2.41. The molecule has 0 aliphatic rings. The molecule has 3 nitrogen and oxygen atoms in total. The first-order valence-electron chi connectivity index (χ1n) is 5.81. The Morgan fingerprint density at radius 3 is 2.33 bits per heavy atom. The van der Waals surface area contributed by atoms with Crippen LogP contribution in [0.3, 0.4) is 0 Å². The number of anilines is 1. The molecule has 0 aliphatic carbocycles. The van der Waals surface area contributed by atoms with E-state index < -0.39 is 11.7 Å². The van der Waals surface area contributed by atoms with E-state index in [9.17, 15) is 18.3 Å². The van der Waals surface area contributed by atoms with Crippen LogP contribution >= 0.6 is 12.2 Å². The Hall–Kier alpha value is -2.28. The van der Waals surface area contributed by atoms with Gasteiger partial charge < -0.3 is 15.2 Å². The molecule has 2 rings (SSSR count). The zero-order chi connectivity index (χ0) is 15.5. The van der Waals surface area contributed by atoms with Gasteiger partial charge in [0.05, 0.1) is 11.3 Å². The third-order valence-electron chi connectivity index (χ3n) is 2.54. The molecule has 0 aromatic heterocycles. The lowest BCUT2D eigenvalue weighted by Crippen LogP contribution is -2.19. The molecular weight excluding hydrogens is 303 g/mol. The molecule has 2 aromatic carbocycles. The molecular formula is C14H10F3NO2S. The Labute approximate surface area is 124 Å². The summed E-state index contributed by atoms with van der Waals surface area (Å²) in [6, 6.07) is 10.9. The summed E-state index contributed by atoms with van der Waals surface area (Å²) >= 11 is 4.85. The van der Waals surface area contributed by atoms with E-state index in [2.05, 4.69) is 5.32 Å². The van der Waals surface area contributed by atoms with Crippen LogP contribution in [-0.2, 0) is 6.18 Å². The molecule has 0 aliphatic heterocycles. The maximum absolute atomic E-state index is 12.8. The van der Waals surface area contributed by atoms with Gasteiger partial charge in [-0.3, -0.25) is 0 Å². The SMILES string of the molecule is Oc1ccccc1OC(=S)Nc1ccccc1C(F)(F)F. The summed E-state index contributed by atoms with van der Waals surface area (Å²) in [5.74, 6) is -0.106. The third kappa shape index (κ3) is 3.85.